The molecule has 0 radical (unpaired) electrons. The van der Waals surface area contributed by atoms with Crippen molar-refractivity contribution >= 4 is 17.5 Å². The molecule has 1 aliphatic rings. The first-order valence-corrected chi connectivity index (χ1v) is 7.30. The SMILES string of the molecule is CN1CCC(O)(CN(C)C(=O)c2ccc(Cl)cc2F)CC1. The largest absolute Gasteiger partial charge is 0.388 e. The van der Waals surface area contributed by atoms with Crippen LogP contribution in [0.2, 0.25) is 5.02 Å². The van der Waals surface area contributed by atoms with Gasteiger partial charge in [0.05, 0.1) is 11.2 Å². The van der Waals surface area contributed by atoms with Crippen LogP contribution in [0.3, 0.4) is 0 Å². The fraction of sp³-hybridized carbons (Fsp3) is 0.533. The van der Waals surface area contributed by atoms with Crippen LogP contribution in [0.5, 0.6) is 0 Å². The van der Waals surface area contributed by atoms with Crippen molar-refractivity contribution in [1.82, 2.24) is 9.80 Å². The van der Waals surface area contributed by atoms with Gasteiger partial charge in [0.2, 0.25) is 0 Å². The van der Waals surface area contributed by atoms with Crippen LogP contribution >= 0.6 is 11.6 Å². The van der Waals surface area contributed by atoms with Gasteiger partial charge in [-0.15, -0.1) is 0 Å². The maximum absolute atomic E-state index is 13.8. The lowest BCUT2D eigenvalue weighted by Crippen LogP contribution is -2.50. The highest BCUT2D eigenvalue weighted by molar-refractivity contribution is 6.30. The molecule has 1 aromatic rings. The summed E-state index contributed by atoms with van der Waals surface area (Å²) in [5.74, 6) is -1.09. The van der Waals surface area contributed by atoms with Gasteiger partial charge in [0.25, 0.3) is 5.91 Å². The van der Waals surface area contributed by atoms with Crippen molar-refractivity contribution in [3.63, 3.8) is 0 Å². The summed E-state index contributed by atoms with van der Waals surface area (Å²) in [5, 5.41) is 10.8. The lowest BCUT2D eigenvalue weighted by atomic mass is 9.91. The first kappa shape index (κ1) is 16.2. The minimum atomic E-state index is -0.903. The van der Waals surface area contributed by atoms with Gasteiger partial charge in [-0.1, -0.05) is 11.6 Å². The maximum Gasteiger partial charge on any atom is 0.256 e. The molecule has 1 aromatic carbocycles. The smallest absolute Gasteiger partial charge is 0.256 e. The Morgan fingerprint density at radius 3 is 2.67 bits per heavy atom. The fourth-order valence-electron chi connectivity index (χ4n) is 2.57. The van der Waals surface area contributed by atoms with Crippen molar-refractivity contribution in [3.05, 3.63) is 34.6 Å². The molecule has 0 aliphatic carbocycles. The lowest BCUT2D eigenvalue weighted by Gasteiger charge is -2.38. The van der Waals surface area contributed by atoms with Crippen molar-refractivity contribution in [2.75, 3.05) is 33.7 Å². The predicted molar refractivity (Wildman–Crippen MR) is 80.1 cm³/mol. The van der Waals surface area contributed by atoms with Crippen molar-refractivity contribution in [1.29, 1.82) is 0 Å². The molecular weight excluding hydrogens is 295 g/mol. The zero-order valence-electron chi connectivity index (χ0n) is 12.3. The second-order valence-electron chi connectivity index (χ2n) is 5.81. The van der Waals surface area contributed by atoms with Gasteiger partial charge >= 0.3 is 0 Å². The first-order chi connectivity index (χ1) is 9.81. The summed E-state index contributed by atoms with van der Waals surface area (Å²) in [7, 11) is 3.57. The molecule has 1 N–H and O–H groups in total. The van der Waals surface area contributed by atoms with E-state index >= 15 is 0 Å². The summed E-state index contributed by atoms with van der Waals surface area (Å²) in [6, 6.07) is 3.97. The third-order valence-electron chi connectivity index (χ3n) is 3.96. The normalized spacial score (nSPS) is 18.5. The van der Waals surface area contributed by atoms with Gasteiger partial charge in [-0.2, -0.15) is 0 Å². The van der Waals surface area contributed by atoms with E-state index in [1.54, 1.807) is 7.05 Å². The number of aliphatic hydroxyl groups is 1. The Kier molecular flexibility index (Phi) is 4.86. The second kappa shape index (κ2) is 6.30. The fourth-order valence-corrected chi connectivity index (χ4v) is 2.73. The molecule has 0 saturated carbocycles. The minimum absolute atomic E-state index is 0.0292. The van der Waals surface area contributed by atoms with Gasteiger partial charge in [0.15, 0.2) is 0 Å². The zero-order valence-corrected chi connectivity index (χ0v) is 13.0. The maximum atomic E-state index is 13.8. The van der Waals surface area contributed by atoms with Crippen LogP contribution in [0.1, 0.15) is 23.2 Å². The Bertz CT molecular complexity index is 530. The molecule has 0 bridgehead atoms. The molecule has 1 saturated heterocycles. The highest BCUT2D eigenvalue weighted by atomic mass is 35.5. The van der Waals surface area contributed by atoms with E-state index in [-0.39, 0.29) is 17.1 Å². The molecule has 0 aromatic heterocycles. The highest BCUT2D eigenvalue weighted by Gasteiger charge is 2.34. The number of hydrogen-bond donors (Lipinski definition) is 1. The number of carbonyl (C=O) groups is 1. The van der Waals surface area contributed by atoms with Crippen LogP contribution in [0.4, 0.5) is 4.39 Å². The summed E-state index contributed by atoms with van der Waals surface area (Å²) in [4.78, 5) is 15.8. The zero-order chi connectivity index (χ0) is 15.6. The van der Waals surface area contributed by atoms with E-state index in [1.807, 2.05) is 7.05 Å². The Morgan fingerprint density at radius 1 is 1.48 bits per heavy atom. The number of nitrogens with zero attached hydrogens (tertiary/aromatic N) is 2. The van der Waals surface area contributed by atoms with Crippen molar-refractivity contribution in [3.8, 4) is 0 Å². The summed E-state index contributed by atoms with van der Waals surface area (Å²) in [6.07, 6.45) is 1.20. The summed E-state index contributed by atoms with van der Waals surface area (Å²) in [5.41, 5.74) is -0.932. The van der Waals surface area contributed by atoms with E-state index < -0.39 is 17.3 Å². The topological polar surface area (TPSA) is 43.8 Å². The van der Waals surface area contributed by atoms with Crippen molar-refractivity contribution in [2.45, 2.75) is 18.4 Å². The lowest BCUT2D eigenvalue weighted by molar-refractivity contribution is -0.0330. The number of rotatable bonds is 3. The molecule has 1 aliphatic heterocycles. The first-order valence-electron chi connectivity index (χ1n) is 6.92. The molecule has 0 atom stereocenters. The van der Waals surface area contributed by atoms with Gasteiger partial charge in [-0.3, -0.25) is 4.79 Å². The standard InChI is InChI=1S/C15H20ClFN2O2/c1-18-7-5-15(21,6-8-18)10-19(2)14(20)12-4-3-11(16)9-13(12)17/h3-4,9,21H,5-8,10H2,1-2H3. The van der Waals surface area contributed by atoms with Gasteiger partial charge in [0, 0.05) is 31.7 Å². The van der Waals surface area contributed by atoms with E-state index in [0.29, 0.717) is 12.8 Å². The molecular formula is C15H20ClFN2O2. The average Bonchev–Trinajstić information content (AvgIpc) is 2.42. The third-order valence-corrected chi connectivity index (χ3v) is 4.19. The Hall–Kier alpha value is -1.17. The highest BCUT2D eigenvalue weighted by Crippen LogP contribution is 2.23. The van der Waals surface area contributed by atoms with Gasteiger partial charge in [-0.05, 0) is 38.1 Å². The van der Waals surface area contributed by atoms with Crippen LogP contribution in [-0.2, 0) is 0 Å². The van der Waals surface area contributed by atoms with E-state index in [1.165, 1.54) is 17.0 Å². The van der Waals surface area contributed by atoms with Crippen molar-refractivity contribution in [2.24, 2.45) is 0 Å². The number of carbonyl (C=O) groups excluding carboxylic acids is 1. The van der Waals surface area contributed by atoms with Crippen LogP contribution < -0.4 is 0 Å². The molecule has 6 heteroatoms. The van der Waals surface area contributed by atoms with Crippen molar-refractivity contribution < 1.29 is 14.3 Å². The van der Waals surface area contributed by atoms with Gasteiger partial charge in [0.1, 0.15) is 5.82 Å². The molecule has 21 heavy (non-hydrogen) atoms. The van der Waals surface area contributed by atoms with Crippen LogP contribution in [0.15, 0.2) is 18.2 Å². The van der Waals surface area contributed by atoms with E-state index in [2.05, 4.69) is 4.90 Å². The summed E-state index contributed by atoms with van der Waals surface area (Å²) < 4.78 is 13.8. The molecule has 0 unspecified atom stereocenters. The summed E-state index contributed by atoms with van der Waals surface area (Å²) >= 11 is 5.68. The molecule has 1 fully saturated rings. The molecule has 0 spiro atoms. The predicted octanol–water partition coefficient (Wildman–Crippen LogP) is 2.01. The monoisotopic (exact) mass is 314 g/mol. The number of piperidine rings is 1. The Morgan fingerprint density at radius 2 is 2.10 bits per heavy atom. The number of benzene rings is 1. The van der Waals surface area contributed by atoms with Gasteiger partial charge in [-0.25, -0.2) is 4.39 Å². The minimum Gasteiger partial charge on any atom is -0.388 e. The Balaban J connectivity index is 2.05. The number of amides is 1. The number of halogens is 2. The third kappa shape index (κ3) is 3.93. The number of hydrogen-bond acceptors (Lipinski definition) is 3. The number of likely N-dealkylation sites (N-methyl/N-ethyl adjacent to an activating group) is 1. The Labute approximate surface area is 129 Å². The van der Waals surface area contributed by atoms with Crippen LogP contribution in [-0.4, -0.2) is 60.1 Å². The van der Waals surface area contributed by atoms with E-state index in [0.717, 1.165) is 19.2 Å². The average molecular weight is 315 g/mol. The van der Waals surface area contributed by atoms with E-state index in [9.17, 15) is 14.3 Å². The van der Waals surface area contributed by atoms with Crippen LogP contribution in [0, 0.1) is 5.82 Å². The number of likely N-dealkylation sites (tertiary alicyclic amines) is 1. The molecule has 2 rings (SSSR count). The molecule has 1 heterocycles. The molecule has 116 valence electrons. The van der Waals surface area contributed by atoms with E-state index in [4.69, 9.17) is 11.6 Å². The van der Waals surface area contributed by atoms with Crippen LogP contribution in [0.25, 0.3) is 0 Å². The summed E-state index contributed by atoms with van der Waals surface area (Å²) in [6.45, 7) is 1.77. The van der Waals surface area contributed by atoms with Gasteiger partial charge < -0.3 is 14.9 Å². The molecule has 4 nitrogen and oxygen atoms in total. The quantitative estimate of drug-likeness (QED) is 0.928. The molecule has 1 amide bonds. The second-order valence-corrected chi connectivity index (χ2v) is 6.25.